The molecule has 4 rings (SSSR count). The van der Waals surface area contributed by atoms with Crippen LogP contribution in [0.15, 0.2) is 54.4 Å². The number of aromatic nitrogens is 3. The van der Waals surface area contributed by atoms with Crippen LogP contribution >= 0.6 is 11.3 Å². The summed E-state index contributed by atoms with van der Waals surface area (Å²) in [5.74, 6) is -1.19. The summed E-state index contributed by atoms with van der Waals surface area (Å²) in [5, 5.41) is 19.9. The number of anilines is 1. The van der Waals surface area contributed by atoms with Crippen LogP contribution in [0.2, 0.25) is 0 Å². The summed E-state index contributed by atoms with van der Waals surface area (Å²) >= 11 is 1.20. The van der Waals surface area contributed by atoms with Crippen molar-refractivity contribution in [3.05, 3.63) is 70.5 Å². The second-order valence-electron chi connectivity index (χ2n) is 6.28. The first-order chi connectivity index (χ1) is 14.0. The summed E-state index contributed by atoms with van der Waals surface area (Å²) in [4.78, 5) is 31.0. The average Bonchev–Trinajstić information content (AvgIpc) is 3.29. The number of pyridine rings is 1. The molecule has 0 bridgehead atoms. The van der Waals surface area contributed by atoms with Gasteiger partial charge in [0.25, 0.3) is 5.78 Å². The van der Waals surface area contributed by atoms with Gasteiger partial charge < -0.3 is 9.84 Å². The molecule has 0 radical (unpaired) electrons. The summed E-state index contributed by atoms with van der Waals surface area (Å²) in [6.45, 7) is 1.76. The van der Waals surface area contributed by atoms with Crippen LogP contribution in [0.4, 0.5) is 5.13 Å². The number of carbonyl (C=O) groups excluding carboxylic acids is 2. The SMILES string of the molecule is COc1ccc(C2C(=C(O)c3ccncc3)C(=O)C(=O)N2c2nnc(C)s2)cc1. The maximum atomic E-state index is 12.9. The number of aliphatic hydroxyl groups excluding tert-OH is 1. The Morgan fingerprint density at radius 1 is 1.10 bits per heavy atom. The molecule has 1 fully saturated rings. The van der Waals surface area contributed by atoms with E-state index in [1.807, 2.05) is 0 Å². The number of rotatable bonds is 4. The molecule has 29 heavy (non-hydrogen) atoms. The zero-order valence-corrected chi connectivity index (χ0v) is 16.4. The standard InChI is InChI=1S/C20H16N4O4S/c1-11-22-23-20(29-11)24-16(12-3-5-14(28-2)6-4-12)15(18(26)19(24)27)17(25)13-7-9-21-10-8-13/h3-10,16,25H,1-2H3. The van der Waals surface area contributed by atoms with E-state index in [0.29, 0.717) is 27.0 Å². The third-order valence-electron chi connectivity index (χ3n) is 4.55. The van der Waals surface area contributed by atoms with Gasteiger partial charge in [-0.3, -0.25) is 19.5 Å². The van der Waals surface area contributed by atoms with Gasteiger partial charge in [0.05, 0.1) is 18.7 Å². The molecule has 0 spiro atoms. The van der Waals surface area contributed by atoms with Crippen molar-refractivity contribution in [1.29, 1.82) is 0 Å². The van der Waals surface area contributed by atoms with Crippen molar-refractivity contribution in [2.45, 2.75) is 13.0 Å². The van der Waals surface area contributed by atoms with Gasteiger partial charge in [0.1, 0.15) is 16.5 Å². The van der Waals surface area contributed by atoms with Gasteiger partial charge in [0, 0.05) is 18.0 Å². The Hall–Kier alpha value is -3.59. The number of aliphatic hydroxyl groups is 1. The molecule has 1 amide bonds. The molecule has 9 heteroatoms. The first-order valence-electron chi connectivity index (χ1n) is 8.66. The van der Waals surface area contributed by atoms with Gasteiger partial charge in [-0.25, -0.2) is 0 Å². The molecular formula is C20H16N4O4S. The number of hydrogen-bond donors (Lipinski definition) is 1. The molecule has 3 heterocycles. The number of benzene rings is 1. The molecule has 1 aromatic carbocycles. The van der Waals surface area contributed by atoms with E-state index in [2.05, 4.69) is 15.2 Å². The summed E-state index contributed by atoms with van der Waals surface area (Å²) in [6.07, 6.45) is 3.00. The van der Waals surface area contributed by atoms with Crippen molar-refractivity contribution in [2.75, 3.05) is 12.0 Å². The molecule has 146 valence electrons. The van der Waals surface area contributed by atoms with Crippen molar-refractivity contribution in [3.8, 4) is 5.75 Å². The molecule has 2 aromatic heterocycles. The van der Waals surface area contributed by atoms with E-state index in [0.717, 1.165) is 0 Å². The van der Waals surface area contributed by atoms with Gasteiger partial charge in [-0.15, -0.1) is 10.2 Å². The van der Waals surface area contributed by atoms with Crippen molar-refractivity contribution in [3.63, 3.8) is 0 Å². The minimum atomic E-state index is -0.846. The fourth-order valence-corrected chi connectivity index (χ4v) is 3.89. The Labute approximate surface area is 170 Å². The number of hydrogen-bond acceptors (Lipinski definition) is 8. The van der Waals surface area contributed by atoms with Gasteiger partial charge >= 0.3 is 5.91 Å². The van der Waals surface area contributed by atoms with Gasteiger partial charge in [0.2, 0.25) is 5.13 Å². The van der Waals surface area contributed by atoms with E-state index < -0.39 is 17.7 Å². The third kappa shape index (κ3) is 3.25. The normalized spacial score (nSPS) is 18.3. The lowest BCUT2D eigenvalue weighted by Gasteiger charge is -2.22. The maximum absolute atomic E-state index is 12.9. The second kappa shape index (κ2) is 7.44. The van der Waals surface area contributed by atoms with Crippen molar-refractivity contribution in [1.82, 2.24) is 15.2 Å². The van der Waals surface area contributed by atoms with Crippen LogP contribution in [0.1, 0.15) is 22.2 Å². The van der Waals surface area contributed by atoms with Crippen LogP contribution in [-0.2, 0) is 9.59 Å². The monoisotopic (exact) mass is 408 g/mol. The number of aryl methyl sites for hydroxylation is 1. The Kier molecular flexibility index (Phi) is 4.81. The molecule has 1 aliphatic heterocycles. The average molecular weight is 408 g/mol. The summed E-state index contributed by atoms with van der Waals surface area (Å²) in [5.41, 5.74) is 1.01. The zero-order valence-electron chi connectivity index (χ0n) is 15.6. The van der Waals surface area contributed by atoms with Crippen molar-refractivity contribution >= 4 is 33.9 Å². The number of Topliss-reactive ketones (excluding diaryl/α,β-unsaturated/α-hetero) is 1. The van der Waals surface area contributed by atoms with Crippen molar-refractivity contribution < 1.29 is 19.4 Å². The van der Waals surface area contributed by atoms with Crippen LogP contribution in [0.3, 0.4) is 0 Å². The summed E-state index contributed by atoms with van der Waals surface area (Å²) < 4.78 is 5.20. The number of carbonyl (C=O) groups is 2. The minimum Gasteiger partial charge on any atom is -0.507 e. The first-order valence-corrected chi connectivity index (χ1v) is 9.48. The van der Waals surface area contributed by atoms with E-state index in [9.17, 15) is 14.7 Å². The van der Waals surface area contributed by atoms with E-state index in [-0.39, 0.29) is 11.3 Å². The van der Waals surface area contributed by atoms with E-state index in [4.69, 9.17) is 4.74 Å². The molecule has 0 aliphatic carbocycles. The summed E-state index contributed by atoms with van der Waals surface area (Å²) in [6, 6.07) is 9.25. The zero-order chi connectivity index (χ0) is 20.5. The largest absolute Gasteiger partial charge is 0.507 e. The predicted octanol–water partition coefficient (Wildman–Crippen LogP) is 2.88. The fourth-order valence-electron chi connectivity index (χ4n) is 3.18. The number of amides is 1. The van der Waals surface area contributed by atoms with Gasteiger partial charge in [-0.05, 0) is 36.8 Å². The number of methoxy groups -OCH3 is 1. The van der Waals surface area contributed by atoms with Crippen LogP contribution < -0.4 is 9.64 Å². The molecule has 0 saturated carbocycles. The third-order valence-corrected chi connectivity index (χ3v) is 5.39. The van der Waals surface area contributed by atoms with Crippen molar-refractivity contribution in [2.24, 2.45) is 0 Å². The van der Waals surface area contributed by atoms with Crippen LogP contribution in [0.25, 0.3) is 5.76 Å². The highest BCUT2D eigenvalue weighted by Gasteiger charge is 2.48. The van der Waals surface area contributed by atoms with Gasteiger partial charge in [-0.1, -0.05) is 23.5 Å². The number of ether oxygens (including phenoxy) is 1. The number of ketones is 1. The molecule has 1 saturated heterocycles. The van der Waals surface area contributed by atoms with Crippen LogP contribution in [-0.4, -0.2) is 39.1 Å². The Morgan fingerprint density at radius 3 is 2.38 bits per heavy atom. The van der Waals surface area contributed by atoms with E-state index >= 15 is 0 Å². The highest BCUT2D eigenvalue weighted by molar-refractivity contribution is 7.15. The second-order valence-corrected chi connectivity index (χ2v) is 7.44. The lowest BCUT2D eigenvalue weighted by Crippen LogP contribution is -2.29. The van der Waals surface area contributed by atoms with E-state index in [1.54, 1.807) is 50.4 Å². The molecule has 3 aromatic rings. The maximum Gasteiger partial charge on any atom is 0.301 e. The molecule has 1 atom stereocenters. The lowest BCUT2D eigenvalue weighted by atomic mass is 9.95. The highest BCUT2D eigenvalue weighted by Crippen LogP contribution is 2.43. The van der Waals surface area contributed by atoms with Crippen LogP contribution in [0, 0.1) is 6.92 Å². The van der Waals surface area contributed by atoms with Gasteiger partial charge in [-0.2, -0.15) is 0 Å². The lowest BCUT2D eigenvalue weighted by molar-refractivity contribution is -0.132. The van der Waals surface area contributed by atoms with E-state index in [1.165, 1.54) is 28.6 Å². The predicted molar refractivity (Wildman–Crippen MR) is 107 cm³/mol. The quantitative estimate of drug-likeness (QED) is 0.402. The smallest absolute Gasteiger partial charge is 0.301 e. The highest BCUT2D eigenvalue weighted by atomic mass is 32.1. The number of nitrogens with zero attached hydrogens (tertiary/aromatic N) is 4. The molecular weight excluding hydrogens is 392 g/mol. The Bertz CT molecular complexity index is 1110. The minimum absolute atomic E-state index is 0.0146. The summed E-state index contributed by atoms with van der Waals surface area (Å²) in [7, 11) is 1.55. The fraction of sp³-hybridized carbons (Fsp3) is 0.150. The molecule has 1 unspecified atom stereocenters. The van der Waals surface area contributed by atoms with Gasteiger partial charge in [0.15, 0.2) is 0 Å². The molecule has 1 aliphatic rings. The topological polar surface area (TPSA) is 106 Å². The Balaban J connectivity index is 1.92. The molecule has 8 nitrogen and oxygen atoms in total. The first kappa shape index (κ1) is 18.8. The molecule has 1 N–H and O–H groups in total. The Morgan fingerprint density at radius 2 is 1.79 bits per heavy atom. The van der Waals surface area contributed by atoms with Crippen LogP contribution in [0.5, 0.6) is 5.75 Å².